The molecule has 0 aromatic heterocycles. The number of alkyl halides is 2. The smallest absolute Gasteiger partial charge is 0.407 e. The van der Waals surface area contributed by atoms with Gasteiger partial charge in [-0.3, -0.25) is 4.90 Å². The van der Waals surface area contributed by atoms with Crippen molar-refractivity contribution >= 4 is 6.09 Å². The van der Waals surface area contributed by atoms with Crippen molar-refractivity contribution in [3.63, 3.8) is 0 Å². The largest absolute Gasteiger partial charge is 0.465 e. The highest BCUT2D eigenvalue weighted by Gasteiger charge is 2.20. The Kier molecular flexibility index (Phi) is 4.73. The third kappa shape index (κ3) is 4.06. The van der Waals surface area contributed by atoms with Crippen LogP contribution in [-0.2, 0) is 6.54 Å². The third-order valence-electron chi connectivity index (χ3n) is 3.17. The second-order valence-electron chi connectivity index (χ2n) is 4.57. The molecule has 1 aliphatic heterocycles. The zero-order valence-electron chi connectivity index (χ0n) is 10.8. The van der Waals surface area contributed by atoms with Gasteiger partial charge < -0.3 is 14.7 Å². The van der Waals surface area contributed by atoms with Gasteiger partial charge in [0.05, 0.1) is 0 Å². The Labute approximate surface area is 115 Å². The second-order valence-corrected chi connectivity index (χ2v) is 4.57. The van der Waals surface area contributed by atoms with Crippen molar-refractivity contribution in [1.82, 2.24) is 9.80 Å². The first-order valence-electron chi connectivity index (χ1n) is 6.28. The molecule has 0 unspecified atom stereocenters. The fraction of sp³-hybridized carbons (Fsp3) is 0.462. The maximum Gasteiger partial charge on any atom is 0.407 e. The predicted molar refractivity (Wildman–Crippen MR) is 67.9 cm³/mol. The molecule has 1 aromatic carbocycles. The number of hydrogen-bond acceptors (Lipinski definition) is 3. The summed E-state index contributed by atoms with van der Waals surface area (Å²) in [6.07, 6.45) is -0.906. The van der Waals surface area contributed by atoms with E-state index in [9.17, 15) is 13.6 Å². The van der Waals surface area contributed by atoms with Crippen LogP contribution in [0.5, 0.6) is 5.75 Å². The summed E-state index contributed by atoms with van der Waals surface area (Å²) in [6, 6.07) is 6.57. The third-order valence-corrected chi connectivity index (χ3v) is 3.17. The van der Waals surface area contributed by atoms with Crippen LogP contribution in [0, 0.1) is 0 Å². The standard InChI is InChI=1S/C13H16F2N2O3/c14-12(15)20-11-3-1-2-10(8-11)9-16-4-6-17(7-5-16)13(18)19/h1-3,8,12H,4-7,9H2,(H,18,19). The first kappa shape index (κ1) is 14.5. The minimum atomic E-state index is -2.83. The molecule has 1 saturated heterocycles. The Hall–Kier alpha value is -1.89. The molecular weight excluding hydrogens is 270 g/mol. The number of amides is 1. The van der Waals surface area contributed by atoms with Crippen molar-refractivity contribution in [2.75, 3.05) is 26.2 Å². The van der Waals surface area contributed by atoms with Gasteiger partial charge in [-0.15, -0.1) is 0 Å². The Morgan fingerprint density at radius 1 is 1.30 bits per heavy atom. The van der Waals surface area contributed by atoms with Gasteiger partial charge in [-0.25, -0.2) is 4.79 Å². The Morgan fingerprint density at radius 3 is 2.60 bits per heavy atom. The van der Waals surface area contributed by atoms with Crippen LogP contribution in [0.4, 0.5) is 13.6 Å². The lowest BCUT2D eigenvalue weighted by molar-refractivity contribution is -0.0499. The number of piperazine rings is 1. The molecule has 0 bridgehead atoms. The highest BCUT2D eigenvalue weighted by atomic mass is 19.3. The van der Waals surface area contributed by atoms with E-state index in [2.05, 4.69) is 9.64 Å². The van der Waals surface area contributed by atoms with E-state index < -0.39 is 12.7 Å². The van der Waals surface area contributed by atoms with E-state index in [4.69, 9.17) is 5.11 Å². The fourth-order valence-corrected chi connectivity index (χ4v) is 2.18. The molecule has 2 rings (SSSR count). The molecule has 20 heavy (non-hydrogen) atoms. The summed E-state index contributed by atoms with van der Waals surface area (Å²) in [5.74, 6) is 0.140. The molecule has 7 heteroatoms. The van der Waals surface area contributed by atoms with Crippen LogP contribution in [0.2, 0.25) is 0 Å². The van der Waals surface area contributed by atoms with Crippen LogP contribution < -0.4 is 4.74 Å². The van der Waals surface area contributed by atoms with Crippen LogP contribution in [0.15, 0.2) is 24.3 Å². The van der Waals surface area contributed by atoms with E-state index in [1.165, 1.54) is 11.0 Å². The Morgan fingerprint density at radius 2 is 2.00 bits per heavy atom. The average molecular weight is 286 g/mol. The molecule has 1 aromatic rings. The molecule has 1 fully saturated rings. The molecule has 0 radical (unpaired) electrons. The molecule has 0 saturated carbocycles. The zero-order valence-corrected chi connectivity index (χ0v) is 10.8. The Bertz CT molecular complexity index is 463. The van der Waals surface area contributed by atoms with Crippen LogP contribution in [-0.4, -0.2) is 53.8 Å². The number of carboxylic acid groups (broad SMARTS) is 1. The summed E-state index contributed by atoms with van der Waals surface area (Å²) in [5.41, 5.74) is 0.868. The summed E-state index contributed by atoms with van der Waals surface area (Å²) >= 11 is 0. The van der Waals surface area contributed by atoms with Crippen LogP contribution >= 0.6 is 0 Å². The first-order valence-corrected chi connectivity index (χ1v) is 6.28. The van der Waals surface area contributed by atoms with Gasteiger partial charge in [-0.05, 0) is 17.7 Å². The Balaban J connectivity index is 1.89. The van der Waals surface area contributed by atoms with Crippen LogP contribution in [0.3, 0.4) is 0 Å². The second kappa shape index (κ2) is 6.51. The predicted octanol–water partition coefficient (Wildman–Crippen LogP) is 2.08. The van der Waals surface area contributed by atoms with Gasteiger partial charge in [0.15, 0.2) is 0 Å². The maximum absolute atomic E-state index is 12.1. The minimum absolute atomic E-state index is 0.140. The molecule has 0 atom stereocenters. The van der Waals surface area contributed by atoms with E-state index in [-0.39, 0.29) is 5.75 Å². The summed E-state index contributed by atoms with van der Waals surface area (Å²) in [6.45, 7) is -0.0540. The maximum atomic E-state index is 12.1. The topological polar surface area (TPSA) is 53.0 Å². The van der Waals surface area contributed by atoms with Crippen molar-refractivity contribution in [2.24, 2.45) is 0 Å². The van der Waals surface area contributed by atoms with E-state index >= 15 is 0 Å². The van der Waals surface area contributed by atoms with E-state index in [1.807, 2.05) is 6.07 Å². The molecule has 1 amide bonds. The zero-order chi connectivity index (χ0) is 14.5. The highest BCUT2D eigenvalue weighted by molar-refractivity contribution is 5.65. The SMILES string of the molecule is O=C(O)N1CCN(Cc2cccc(OC(F)F)c2)CC1. The van der Waals surface area contributed by atoms with Crippen molar-refractivity contribution in [3.8, 4) is 5.75 Å². The van der Waals surface area contributed by atoms with Crippen molar-refractivity contribution < 1.29 is 23.4 Å². The van der Waals surface area contributed by atoms with Crippen LogP contribution in [0.1, 0.15) is 5.56 Å². The lowest BCUT2D eigenvalue weighted by Crippen LogP contribution is -2.47. The number of nitrogens with zero attached hydrogens (tertiary/aromatic N) is 2. The number of rotatable bonds is 4. The lowest BCUT2D eigenvalue weighted by Gasteiger charge is -2.33. The minimum Gasteiger partial charge on any atom is -0.465 e. The van der Waals surface area contributed by atoms with Crippen molar-refractivity contribution in [2.45, 2.75) is 13.2 Å². The fourth-order valence-electron chi connectivity index (χ4n) is 2.18. The van der Waals surface area contributed by atoms with Gasteiger partial charge in [0.2, 0.25) is 0 Å². The summed E-state index contributed by atoms with van der Waals surface area (Å²) in [4.78, 5) is 14.2. The summed E-state index contributed by atoms with van der Waals surface area (Å²) in [7, 11) is 0. The molecule has 0 aliphatic carbocycles. The number of carbonyl (C=O) groups is 1. The highest BCUT2D eigenvalue weighted by Crippen LogP contribution is 2.17. The van der Waals surface area contributed by atoms with Gasteiger partial charge in [0, 0.05) is 32.7 Å². The molecular formula is C13H16F2N2O3. The van der Waals surface area contributed by atoms with Gasteiger partial charge in [0.25, 0.3) is 0 Å². The van der Waals surface area contributed by atoms with Gasteiger partial charge in [0.1, 0.15) is 5.75 Å². The number of benzene rings is 1. The molecule has 110 valence electrons. The van der Waals surface area contributed by atoms with Gasteiger partial charge in [-0.1, -0.05) is 12.1 Å². The monoisotopic (exact) mass is 286 g/mol. The quantitative estimate of drug-likeness (QED) is 0.920. The van der Waals surface area contributed by atoms with Crippen molar-refractivity contribution in [1.29, 1.82) is 0 Å². The average Bonchev–Trinajstić information content (AvgIpc) is 2.39. The normalized spacial score (nSPS) is 16.4. The van der Waals surface area contributed by atoms with E-state index in [0.717, 1.165) is 5.56 Å². The van der Waals surface area contributed by atoms with E-state index in [1.54, 1.807) is 12.1 Å². The molecule has 1 heterocycles. The molecule has 0 spiro atoms. The van der Waals surface area contributed by atoms with Gasteiger partial charge >= 0.3 is 12.7 Å². The first-order chi connectivity index (χ1) is 9.54. The number of hydrogen-bond donors (Lipinski definition) is 1. The molecule has 1 aliphatic rings. The summed E-state index contributed by atoms with van der Waals surface area (Å²) < 4.78 is 28.6. The molecule has 1 N–H and O–H groups in total. The number of ether oxygens (including phenoxy) is 1. The van der Waals surface area contributed by atoms with E-state index in [0.29, 0.717) is 32.7 Å². The summed E-state index contributed by atoms with van der Waals surface area (Å²) in [5, 5.41) is 8.85. The number of halogens is 2. The van der Waals surface area contributed by atoms with Crippen molar-refractivity contribution in [3.05, 3.63) is 29.8 Å². The van der Waals surface area contributed by atoms with Crippen LogP contribution in [0.25, 0.3) is 0 Å². The molecule has 5 nitrogen and oxygen atoms in total. The lowest BCUT2D eigenvalue weighted by atomic mass is 10.2. The van der Waals surface area contributed by atoms with Gasteiger partial charge in [-0.2, -0.15) is 8.78 Å².